The van der Waals surface area contributed by atoms with Crippen molar-refractivity contribution in [3.05, 3.63) is 54.4 Å². The molecular formula is C19H17N7O. The molecule has 0 unspecified atom stereocenters. The van der Waals surface area contributed by atoms with Gasteiger partial charge in [-0.1, -0.05) is 12.1 Å². The molecule has 1 amide bonds. The third-order valence-corrected chi connectivity index (χ3v) is 4.95. The number of carbonyl (C=O) groups excluding carboxylic acids is 1. The van der Waals surface area contributed by atoms with Gasteiger partial charge in [0.05, 0.1) is 5.52 Å². The lowest BCUT2D eigenvalue weighted by Crippen LogP contribution is -2.49. The highest BCUT2D eigenvalue weighted by atomic mass is 16.2. The van der Waals surface area contributed by atoms with E-state index in [2.05, 4.69) is 30.3 Å². The maximum Gasteiger partial charge on any atom is 0.254 e. The number of aromatic nitrogens is 5. The molecule has 0 atom stereocenters. The molecule has 5 rings (SSSR count). The smallest absolute Gasteiger partial charge is 0.254 e. The normalized spacial score (nSPS) is 14.8. The molecule has 0 saturated carbocycles. The van der Waals surface area contributed by atoms with Crippen LogP contribution in [0.2, 0.25) is 0 Å². The number of nitrogens with zero attached hydrogens (tertiary/aromatic N) is 6. The van der Waals surface area contributed by atoms with E-state index in [0.29, 0.717) is 24.2 Å². The van der Waals surface area contributed by atoms with E-state index in [0.717, 1.165) is 35.3 Å². The summed E-state index contributed by atoms with van der Waals surface area (Å²) in [6, 6.07) is 13.4. The largest absolute Gasteiger partial charge is 0.352 e. The van der Waals surface area contributed by atoms with Crippen molar-refractivity contribution in [2.45, 2.75) is 0 Å². The standard InChI is InChI=1S/C19H17N7O/c27-19(13-5-6-16-17(11-13)23-24-22-16)26-9-7-25(8-10-26)18-14-3-1-2-4-15(14)20-12-21-18/h1-6,11-12H,7-10H2,(H,22,23,24). The molecule has 134 valence electrons. The highest BCUT2D eigenvalue weighted by molar-refractivity contribution is 5.97. The summed E-state index contributed by atoms with van der Waals surface area (Å²) in [7, 11) is 0. The monoisotopic (exact) mass is 359 g/mol. The fraction of sp³-hybridized carbons (Fsp3) is 0.211. The molecular weight excluding hydrogens is 342 g/mol. The van der Waals surface area contributed by atoms with Crippen molar-refractivity contribution in [1.29, 1.82) is 0 Å². The fourth-order valence-corrected chi connectivity index (χ4v) is 3.52. The number of aromatic amines is 1. The lowest BCUT2D eigenvalue weighted by Gasteiger charge is -2.35. The molecule has 8 nitrogen and oxygen atoms in total. The maximum absolute atomic E-state index is 12.8. The molecule has 0 radical (unpaired) electrons. The van der Waals surface area contributed by atoms with Crippen LogP contribution in [0, 0.1) is 0 Å². The SMILES string of the molecule is O=C(c1ccc2n[nH]nc2c1)N1CCN(c2ncnc3ccccc23)CC1. The van der Waals surface area contributed by atoms with Crippen LogP contribution in [-0.2, 0) is 0 Å². The van der Waals surface area contributed by atoms with Gasteiger partial charge in [0.25, 0.3) is 5.91 Å². The fourth-order valence-electron chi connectivity index (χ4n) is 3.52. The Labute approximate surface area is 154 Å². The zero-order valence-electron chi connectivity index (χ0n) is 14.5. The van der Waals surface area contributed by atoms with Crippen LogP contribution in [-0.4, -0.2) is 62.4 Å². The molecule has 27 heavy (non-hydrogen) atoms. The molecule has 1 fully saturated rings. The van der Waals surface area contributed by atoms with Crippen molar-refractivity contribution < 1.29 is 4.79 Å². The number of piperazine rings is 1. The Bertz CT molecular complexity index is 1130. The summed E-state index contributed by atoms with van der Waals surface area (Å²) in [6.45, 7) is 2.76. The minimum Gasteiger partial charge on any atom is -0.352 e. The summed E-state index contributed by atoms with van der Waals surface area (Å²) in [5, 5.41) is 11.7. The number of amides is 1. The molecule has 3 heterocycles. The number of rotatable bonds is 2. The van der Waals surface area contributed by atoms with E-state index in [9.17, 15) is 4.79 Å². The van der Waals surface area contributed by atoms with Crippen molar-refractivity contribution in [1.82, 2.24) is 30.3 Å². The first-order valence-corrected chi connectivity index (χ1v) is 8.84. The molecule has 2 aromatic heterocycles. The summed E-state index contributed by atoms with van der Waals surface area (Å²) in [5.41, 5.74) is 3.03. The number of hydrogen-bond donors (Lipinski definition) is 1. The topological polar surface area (TPSA) is 90.9 Å². The second kappa shape index (κ2) is 6.31. The Morgan fingerprint density at radius 1 is 0.889 bits per heavy atom. The van der Waals surface area contributed by atoms with E-state index < -0.39 is 0 Å². The van der Waals surface area contributed by atoms with Crippen LogP contribution in [0.5, 0.6) is 0 Å². The van der Waals surface area contributed by atoms with Crippen molar-refractivity contribution in [3.63, 3.8) is 0 Å². The Kier molecular flexibility index (Phi) is 3.67. The average molecular weight is 359 g/mol. The molecule has 8 heteroatoms. The van der Waals surface area contributed by atoms with Gasteiger partial charge in [-0.3, -0.25) is 4.79 Å². The Morgan fingerprint density at radius 3 is 2.59 bits per heavy atom. The Hall–Kier alpha value is -3.55. The van der Waals surface area contributed by atoms with Crippen LogP contribution < -0.4 is 4.90 Å². The van der Waals surface area contributed by atoms with Crippen LogP contribution in [0.3, 0.4) is 0 Å². The van der Waals surface area contributed by atoms with Crippen LogP contribution in [0.25, 0.3) is 21.9 Å². The number of carbonyl (C=O) groups is 1. The predicted octanol–water partition coefficient (Wildman–Crippen LogP) is 1.86. The highest BCUT2D eigenvalue weighted by Gasteiger charge is 2.24. The molecule has 1 saturated heterocycles. The summed E-state index contributed by atoms with van der Waals surface area (Å²) in [4.78, 5) is 25.7. The van der Waals surface area contributed by atoms with Gasteiger partial charge < -0.3 is 9.80 Å². The predicted molar refractivity (Wildman–Crippen MR) is 102 cm³/mol. The lowest BCUT2D eigenvalue weighted by atomic mass is 10.1. The Morgan fingerprint density at radius 2 is 1.70 bits per heavy atom. The first-order valence-electron chi connectivity index (χ1n) is 8.84. The second-order valence-electron chi connectivity index (χ2n) is 6.52. The Balaban J connectivity index is 1.34. The van der Waals surface area contributed by atoms with E-state index in [1.54, 1.807) is 18.5 Å². The van der Waals surface area contributed by atoms with E-state index in [1.807, 2.05) is 35.2 Å². The third-order valence-electron chi connectivity index (χ3n) is 4.95. The van der Waals surface area contributed by atoms with Gasteiger partial charge in [0, 0.05) is 37.1 Å². The van der Waals surface area contributed by atoms with Gasteiger partial charge >= 0.3 is 0 Å². The molecule has 1 aliphatic rings. The van der Waals surface area contributed by atoms with Crippen LogP contribution >= 0.6 is 0 Å². The van der Waals surface area contributed by atoms with E-state index in [4.69, 9.17) is 0 Å². The summed E-state index contributed by atoms with van der Waals surface area (Å²) < 4.78 is 0. The van der Waals surface area contributed by atoms with Crippen molar-refractivity contribution in [3.8, 4) is 0 Å². The van der Waals surface area contributed by atoms with Crippen LogP contribution in [0.1, 0.15) is 10.4 Å². The third kappa shape index (κ3) is 2.75. The van der Waals surface area contributed by atoms with E-state index in [-0.39, 0.29) is 5.91 Å². The molecule has 1 aliphatic heterocycles. The first kappa shape index (κ1) is 15.7. The molecule has 0 spiro atoms. The van der Waals surface area contributed by atoms with Gasteiger partial charge in [0.2, 0.25) is 0 Å². The van der Waals surface area contributed by atoms with Gasteiger partial charge in [0.1, 0.15) is 23.2 Å². The van der Waals surface area contributed by atoms with Gasteiger partial charge in [0.15, 0.2) is 0 Å². The van der Waals surface area contributed by atoms with Crippen molar-refractivity contribution in [2.24, 2.45) is 0 Å². The number of H-pyrrole nitrogens is 1. The van der Waals surface area contributed by atoms with Gasteiger partial charge in [-0.05, 0) is 30.3 Å². The number of fused-ring (bicyclic) bond motifs is 2. The van der Waals surface area contributed by atoms with Crippen molar-refractivity contribution >= 4 is 33.7 Å². The van der Waals surface area contributed by atoms with Gasteiger partial charge in [-0.2, -0.15) is 15.4 Å². The maximum atomic E-state index is 12.8. The minimum absolute atomic E-state index is 0.0205. The lowest BCUT2D eigenvalue weighted by molar-refractivity contribution is 0.0747. The van der Waals surface area contributed by atoms with Crippen LogP contribution in [0.15, 0.2) is 48.8 Å². The highest BCUT2D eigenvalue weighted by Crippen LogP contribution is 2.24. The number of hydrogen-bond acceptors (Lipinski definition) is 6. The zero-order chi connectivity index (χ0) is 18.2. The number of benzene rings is 2. The zero-order valence-corrected chi connectivity index (χ0v) is 14.5. The summed E-state index contributed by atoms with van der Waals surface area (Å²) in [5.74, 6) is 0.948. The number of nitrogens with one attached hydrogen (secondary N) is 1. The molecule has 0 bridgehead atoms. The minimum atomic E-state index is 0.0205. The number of para-hydroxylation sites is 1. The summed E-state index contributed by atoms with van der Waals surface area (Å²) >= 11 is 0. The van der Waals surface area contributed by atoms with E-state index >= 15 is 0 Å². The summed E-state index contributed by atoms with van der Waals surface area (Å²) in [6.07, 6.45) is 1.60. The quantitative estimate of drug-likeness (QED) is 0.587. The van der Waals surface area contributed by atoms with E-state index in [1.165, 1.54) is 0 Å². The second-order valence-corrected chi connectivity index (χ2v) is 6.52. The molecule has 4 aromatic rings. The van der Waals surface area contributed by atoms with Crippen LogP contribution in [0.4, 0.5) is 5.82 Å². The van der Waals surface area contributed by atoms with Gasteiger partial charge in [-0.15, -0.1) is 0 Å². The molecule has 2 aromatic carbocycles. The molecule has 0 aliphatic carbocycles. The average Bonchev–Trinajstić information content (AvgIpc) is 3.21. The molecule has 1 N–H and O–H groups in total. The van der Waals surface area contributed by atoms with Crippen molar-refractivity contribution in [2.75, 3.05) is 31.1 Å². The number of anilines is 1. The van der Waals surface area contributed by atoms with Gasteiger partial charge in [-0.25, -0.2) is 9.97 Å². The first-order chi connectivity index (χ1) is 13.3.